The van der Waals surface area contributed by atoms with Crippen LogP contribution in [0.3, 0.4) is 0 Å². The standard InChI is InChI=1S/C16H18N2O3S2.ClH/c17-11-12-5-4-10-18(12)16(19)14-8-9-15(22-14)23(20,21)13-6-2-1-3-7-13;/h1-3,6-9,12H,4-5,10-11,17H2;1H. The van der Waals surface area contributed by atoms with Crippen LogP contribution in [0.4, 0.5) is 0 Å². The van der Waals surface area contributed by atoms with Gasteiger partial charge in [0.05, 0.1) is 9.77 Å². The zero-order chi connectivity index (χ0) is 16.4. The van der Waals surface area contributed by atoms with Gasteiger partial charge in [0.25, 0.3) is 5.91 Å². The van der Waals surface area contributed by atoms with Crippen molar-refractivity contribution in [3.63, 3.8) is 0 Å². The Bertz CT molecular complexity index is 806. The van der Waals surface area contributed by atoms with Gasteiger partial charge in [-0.2, -0.15) is 0 Å². The number of hydrogen-bond acceptors (Lipinski definition) is 5. The Balaban J connectivity index is 0.00000208. The molecular weight excluding hydrogens is 368 g/mol. The molecule has 3 rings (SSSR count). The van der Waals surface area contributed by atoms with Crippen molar-refractivity contribution in [3.05, 3.63) is 47.3 Å². The highest BCUT2D eigenvalue weighted by Gasteiger charge is 2.30. The second-order valence-corrected chi connectivity index (χ2v) is 8.73. The van der Waals surface area contributed by atoms with Crippen LogP contribution >= 0.6 is 23.7 Å². The second kappa shape index (κ2) is 7.65. The van der Waals surface area contributed by atoms with Crippen LogP contribution in [-0.4, -0.2) is 38.4 Å². The van der Waals surface area contributed by atoms with E-state index in [0.717, 1.165) is 24.2 Å². The summed E-state index contributed by atoms with van der Waals surface area (Å²) in [5.41, 5.74) is 5.70. The molecular formula is C16H19ClN2O3S2. The third-order valence-corrected chi connectivity index (χ3v) is 7.36. The minimum absolute atomic E-state index is 0. The number of sulfone groups is 1. The van der Waals surface area contributed by atoms with Gasteiger partial charge >= 0.3 is 0 Å². The van der Waals surface area contributed by atoms with Gasteiger partial charge in [-0.05, 0) is 37.1 Å². The third-order valence-electron chi connectivity index (χ3n) is 4.02. The van der Waals surface area contributed by atoms with E-state index in [1.807, 2.05) is 0 Å². The Hall–Kier alpha value is -1.41. The van der Waals surface area contributed by atoms with Crippen LogP contribution in [0.1, 0.15) is 22.5 Å². The maximum absolute atomic E-state index is 12.6. The lowest BCUT2D eigenvalue weighted by Gasteiger charge is -2.22. The number of benzene rings is 1. The monoisotopic (exact) mass is 386 g/mol. The number of likely N-dealkylation sites (tertiary alicyclic amines) is 1. The first kappa shape index (κ1) is 18.9. The molecule has 0 saturated carbocycles. The van der Waals surface area contributed by atoms with Crippen molar-refractivity contribution in [2.45, 2.75) is 28.0 Å². The number of amides is 1. The molecule has 1 aliphatic heterocycles. The number of carbonyl (C=O) groups is 1. The number of rotatable bonds is 4. The molecule has 1 fully saturated rings. The molecule has 2 aromatic rings. The first-order valence-electron chi connectivity index (χ1n) is 7.45. The highest BCUT2D eigenvalue weighted by molar-refractivity contribution is 7.93. The summed E-state index contributed by atoms with van der Waals surface area (Å²) in [5, 5.41) is 0. The predicted molar refractivity (Wildman–Crippen MR) is 96.6 cm³/mol. The first-order chi connectivity index (χ1) is 11.0. The van der Waals surface area contributed by atoms with Crippen molar-refractivity contribution < 1.29 is 13.2 Å². The molecule has 2 heterocycles. The summed E-state index contributed by atoms with van der Waals surface area (Å²) >= 11 is 1.02. The fourth-order valence-corrected chi connectivity index (χ4v) is 5.47. The number of thiophene rings is 1. The molecule has 1 aromatic heterocycles. The zero-order valence-corrected chi connectivity index (χ0v) is 15.4. The van der Waals surface area contributed by atoms with Gasteiger partial charge in [-0.15, -0.1) is 23.7 Å². The molecule has 8 heteroatoms. The van der Waals surface area contributed by atoms with Crippen LogP contribution in [0.2, 0.25) is 0 Å². The van der Waals surface area contributed by atoms with E-state index in [4.69, 9.17) is 5.73 Å². The second-order valence-electron chi connectivity index (χ2n) is 5.47. The van der Waals surface area contributed by atoms with Gasteiger partial charge < -0.3 is 10.6 Å². The summed E-state index contributed by atoms with van der Waals surface area (Å²) in [4.78, 5) is 15.0. The minimum atomic E-state index is -3.57. The van der Waals surface area contributed by atoms with E-state index in [-0.39, 0.29) is 33.5 Å². The van der Waals surface area contributed by atoms with Crippen molar-refractivity contribution in [2.75, 3.05) is 13.1 Å². The lowest BCUT2D eigenvalue weighted by molar-refractivity contribution is 0.0746. The number of carbonyl (C=O) groups excluding carboxylic acids is 1. The quantitative estimate of drug-likeness (QED) is 0.875. The number of nitrogens with two attached hydrogens (primary N) is 1. The summed E-state index contributed by atoms with van der Waals surface area (Å²) in [7, 11) is -3.57. The predicted octanol–water partition coefficient (Wildman–Crippen LogP) is 2.57. The Labute approximate surface area is 151 Å². The van der Waals surface area contributed by atoms with Gasteiger partial charge in [0, 0.05) is 19.1 Å². The molecule has 5 nitrogen and oxygen atoms in total. The lowest BCUT2D eigenvalue weighted by Crippen LogP contribution is -2.39. The molecule has 1 amide bonds. The van der Waals surface area contributed by atoms with Gasteiger partial charge in [-0.25, -0.2) is 8.42 Å². The zero-order valence-electron chi connectivity index (χ0n) is 12.9. The summed E-state index contributed by atoms with van der Waals surface area (Å²) in [6.07, 6.45) is 1.84. The van der Waals surface area contributed by atoms with E-state index in [1.165, 1.54) is 6.07 Å². The maximum atomic E-state index is 12.6. The molecule has 0 radical (unpaired) electrons. The Morgan fingerprint density at radius 2 is 1.92 bits per heavy atom. The normalized spacial score (nSPS) is 17.5. The van der Waals surface area contributed by atoms with Crippen molar-refractivity contribution in [2.24, 2.45) is 5.73 Å². The smallest absolute Gasteiger partial charge is 0.264 e. The van der Waals surface area contributed by atoms with E-state index in [2.05, 4.69) is 0 Å². The Kier molecular flexibility index (Phi) is 6.03. The molecule has 130 valence electrons. The van der Waals surface area contributed by atoms with Crippen LogP contribution in [0.25, 0.3) is 0 Å². The van der Waals surface area contributed by atoms with Crippen LogP contribution < -0.4 is 5.73 Å². The topological polar surface area (TPSA) is 80.5 Å². The van der Waals surface area contributed by atoms with Crippen LogP contribution in [0.15, 0.2) is 51.6 Å². The third kappa shape index (κ3) is 3.49. The average molecular weight is 387 g/mol. The molecule has 24 heavy (non-hydrogen) atoms. The first-order valence-corrected chi connectivity index (χ1v) is 9.75. The molecule has 1 aliphatic rings. The number of nitrogens with zero attached hydrogens (tertiary/aromatic N) is 1. The van der Waals surface area contributed by atoms with Crippen LogP contribution in [-0.2, 0) is 9.84 Å². The summed E-state index contributed by atoms with van der Waals surface area (Å²) in [5.74, 6) is -0.127. The molecule has 0 aliphatic carbocycles. The molecule has 1 atom stereocenters. The Morgan fingerprint density at radius 3 is 2.58 bits per heavy atom. The molecule has 0 spiro atoms. The highest BCUT2D eigenvalue weighted by Crippen LogP contribution is 2.29. The van der Waals surface area contributed by atoms with Crippen LogP contribution in [0, 0.1) is 0 Å². The Morgan fingerprint density at radius 1 is 1.21 bits per heavy atom. The molecule has 1 aromatic carbocycles. The van der Waals surface area contributed by atoms with E-state index < -0.39 is 9.84 Å². The maximum Gasteiger partial charge on any atom is 0.264 e. The van der Waals surface area contributed by atoms with Crippen molar-refractivity contribution in [3.8, 4) is 0 Å². The largest absolute Gasteiger partial charge is 0.334 e. The summed E-state index contributed by atoms with van der Waals surface area (Å²) in [6, 6.07) is 11.4. The minimum Gasteiger partial charge on any atom is -0.334 e. The fourth-order valence-electron chi connectivity index (χ4n) is 2.78. The molecule has 1 saturated heterocycles. The van der Waals surface area contributed by atoms with E-state index in [0.29, 0.717) is 18.0 Å². The average Bonchev–Trinajstić information content (AvgIpc) is 3.24. The number of halogens is 1. The summed E-state index contributed by atoms with van der Waals surface area (Å²) in [6.45, 7) is 1.12. The van der Waals surface area contributed by atoms with Crippen molar-refractivity contribution in [1.82, 2.24) is 4.90 Å². The highest BCUT2D eigenvalue weighted by atomic mass is 35.5. The van der Waals surface area contributed by atoms with E-state index in [1.54, 1.807) is 41.3 Å². The molecule has 2 N–H and O–H groups in total. The lowest BCUT2D eigenvalue weighted by atomic mass is 10.2. The van der Waals surface area contributed by atoms with Crippen molar-refractivity contribution in [1.29, 1.82) is 0 Å². The van der Waals surface area contributed by atoms with Crippen LogP contribution in [0.5, 0.6) is 0 Å². The summed E-state index contributed by atoms with van der Waals surface area (Å²) < 4.78 is 25.3. The molecule has 1 unspecified atom stereocenters. The van der Waals surface area contributed by atoms with E-state index in [9.17, 15) is 13.2 Å². The number of hydrogen-bond donors (Lipinski definition) is 1. The van der Waals surface area contributed by atoms with Gasteiger partial charge in [0.1, 0.15) is 4.21 Å². The van der Waals surface area contributed by atoms with Gasteiger partial charge in [-0.1, -0.05) is 18.2 Å². The molecule has 0 bridgehead atoms. The van der Waals surface area contributed by atoms with Gasteiger partial charge in [0.2, 0.25) is 9.84 Å². The van der Waals surface area contributed by atoms with E-state index >= 15 is 0 Å². The SMILES string of the molecule is Cl.NCC1CCCN1C(=O)c1ccc(S(=O)(=O)c2ccccc2)s1. The fraction of sp³-hybridized carbons (Fsp3) is 0.312. The van der Waals surface area contributed by atoms with Crippen molar-refractivity contribution >= 4 is 39.5 Å². The van der Waals surface area contributed by atoms with Gasteiger partial charge in [0.15, 0.2) is 0 Å². The van der Waals surface area contributed by atoms with Gasteiger partial charge in [-0.3, -0.25) is 4.79 Å².